The summed E-state index contributed by atoms with van der Waals surface area (Å²) in [6.45, 7) is -0.346. The summed E-state index contributed by atoms with van der Waals surface area (Å²) in [6.07, 6.45) is -1.77. The second-order valence-electron chi connectivity index (χ2n) is 5.55. The van der Waals surface area contributed by atoms with Crippen molar-refractivity contribution in [2.24, 2.45) is 0 Å². The largest absolute Gasteiger partial charge is 0.394 e. The van der Waals surface area contributed by atoms with Crippen LogP contribution in [0, 0.1) is 0 Å². The van der Waals surface area contributed by atoms with Gasteiger partial charge in [0.25, 0.3) is 0 Å². The number of imidazole rings is 1. The maximum atomic E-state index is 11.8. The standard InChI is InChI=1S/C13H19N5O5/c1-17(2)10-7-11(16-13(21)15-10)18(5-14-7)12-9(22-3)8(20)6(4-19)23-12/h5-6,8-9,12,19-20H,4H2,1-3H3,(H,15,16,21)/t6-,8-,9-,12-/m1/s1. The fourth-order valence-electron chi connectivity index (χ4n) is 2.77. The number of hydrogen-bond acceptors (Lipinski definition) is 8. The number of rotatable bonds is 4. The molecule has 2 aromatic rings. The predicted octanol–water partition coefficient (Wildman–Crippen LogP) is -1.55. The molecule has 0 saturated carbocycles. The summed E-state index contributed by atoms with van der Waals surface area (Å²) in [5, 5.41) is 19.4. The van der Waals surface area contributed by atoms with Gasteiger partial charge in [0.05, 0.1) is 12.9 Å². The second kappa shape index (κ2) is 5.89. The third-order valence-electron chi connectivity index (χ3n) is 3.91. The van der Waals surface area contributed by atoms with Crippen molar-refractivity contribution >= 4 is 17.0 Å². The first kappa shape index (κ1) is 15.9. The fourth-order valence-corrected chi connectivity index (χ4v) is 2.77. The first-order valence-corrected chi connectivity index (χ1v) is 7.09. The van der Waals surface area contributed by atoms with E-state index in [2.05, 4.69) is 15.0 Å². The lowest BCUT2D eigenvalue weighted by atomic mass is 10.1. The molecule has 1 fully saturated rings. The van der Waals surface area contributed by atoms with E-state index in [1.165, 1.54) is 18.0 Å². The van der Waals surface area contributed by atoms with E-state index in [0.717, 1.165) is 0 Å². The van der Waals surface area contributed by atoms with E-state index >= 15 is 0 Å². The molecule has 3 N–H and O–H groups in total. The van der Waals surface area contributed by atoms with Crippen LogP contribution in [-0.4, -0.2) is 75.9 Å². The van der Waals surface area contributed by atoms with Gasteiger partial charge in [-0.15, -0.1) is 0 Å². The minimum Gasteiger partial charge on any atom is -0.394 e. The zero-order valence-corrected chi connectivity index (χ0v) is 13.0. The molecular formula is C13H19N5O5. The number of fused-ring (bicyclic) bond motifs is 1. The highest BCUT2D eigenvalue weighted by Gasteiger charge is 2.45. The van der Waals surface area contributed by atoms with E-state index in [1.54, 1.807) is 19.0 Å². The lowest BCUT2D eigenvalue weighted by Gasteiger charge is -2.20. The van der Waals surface area contributed by atoms with Gasteiger partial charge in [-0.3, -0.25) is 9.55 Å². The van der Waals surface area contributed by atoms with Gasteiger partial charge in [-0.1, -0.05) is 0 Å². The van der Waals surface area contributed by atoms with E-state index in [-0.39, 0.29) is 6.61 Å². The number of aromatic nitrogens is 4. The quantitative estimate of drug-likeness (QED) is 0.617. The lowest BCUT2D eigenvalue weighted by molar-refractivity contribution is -0.0583. The molecule has 23 heavy (non-hydrogen) atoms. The number of anilines is 1. The summed E-state index contributed by atoms with van der Waals surface area (Å²) in [5.41, 5.74) is 0.291. The molecule has 10 nitrogen and oxygen atoms in total. The maximum absolute atomic E-state index is 11.8. The van der Waals surface area contributed by atoms with Gasteiger partial charge < -0.3 is 24.6 Å². The van der Waals surface area contributed by atoms with Crippen LogP contribution in [0.5, 0.6) is 0 Å². The van der Waals surface area contributed by atoms with Crippen LogP contribution in [0.3, 0.4) is 0 Å². The molecule has 3 rings (SSSR count). The minimum absolute atomic E-state index is 0.315. The smallest absolute Gasteiger partial charge is 0.348 e. The van der Waals surface area contributed by atoms with Crippen molar-refractivity contribution in [3.05, 3.63) is 16.8 Å². The van der Waals surface area contributed by atoms with Crippen LogP contribution < -0.4 is 10.6 Å². The Kier molecular flexibility index (Phi) is 4.06. The fraction of sp³-hybridized carbons (Fsp3) is 0.615. The summed E-state index contributed by atoms with van der Waals surface area (Å²) in [7, 11) is 4.99. The van der Waals surface area contributed by atoms with Crippen molar-refractivity contribution in [3.63, 3.8) is 0 Å². The molecule has 0 unspecified atom stereocenters. The molecule has 4 atom stereocenters. The van der Waals surface area contributed by atoms with Gasteiger partial charge in [0.1, 0.15) is 29.6 Å². The molecule has 0 amide bonds. The Morgan fingerprint density at radius 1 is 1.52 bits per heavy atom. The van der Waals surface area contributed by atoms with Crippen LogP contribution in [0.15, 0.2) is 11.1 Å². The summed E-state index contributed by atoms with van der Waals surface area (Å²) in [5.74, 6) is 0.518. The summed E-state index contributed by atoms with van der Waals surface area (Å²) in [6, 6.07) is 0. The van der Waals surface area contributed by atoms with Crippen molar-refractivity contribution in [1.29, 1.82) is 0 Å². The summed E-state index contributed by atoms with van der Waals surface area (Å²) in [4.78, 5) is 24.4. The predicted molar refractivity (Wildman–Crippen MR) is 80.3 cm³/mol. The second-order valence-corrected chi connectivity index (χ2v) is 5.55. The Hall–Kier alpha value is -2.01. The monoisotopic (exact) mass is 325 g/mol. The molecule has 126 valence electrons. The van der Waals surface area contributed by atoms with Crippen LogP contribution >= 0.6 is 0 Å². The zero-order valence-electron chi connectivity index (χ0n) is 13.0. The van der Waals surface area contributed by atoms with Gasteiger partial charge in [0.15, 0.2) is 11.9 Å². The van der Waals surface area contributed by atoms with E-state index in [4.69, 9.17) is 9.47 Å². The third-order valence-corrected chi connectivity index (χ3v) is 3.91. The van der Waals surface area contributed by atoms with Crippen molar-refractivity contribution in [3.8, 4) is 0 Å². The number of nitrogens with one attached hydrogen (secondary N) is 1. The average molecular weight is 325 g/mol. The van der Waals surface area contributed by atoms with Crippen LogP contribution in [-0.2, 0) is 9.47 Å². The van der Waals surface area contributed by atoms with Crippen molar-refractivity contribution < 1.29 is 19.7 Å². The third kappa shape index (κ3) is 2.49. The number of methoxy groups -OCH3 is 1. The van der Waals surface area contributed by atoms with Crippen LogP contribution in [0.2, 0.25) is 0 Å². The van der Waals surface area contributed by atoms with Crippen LogP contribution in [0.25, 0.3) is 11.2 Å². The number of ether oxygens (including phenoxy) is 2. The molecule has 0 aromatic carbocycles. The van der Waals surface area contributed by atoms with E-state index < -0.39 is 30.2 Å². The first-order chi connectivity index (χ1) is 11.0. The van der Waals surface area contributed by atoms with Crippen LogP contribution in [0.4, 0.5) is 5.82 Å². The Bertz CT molecular complexity index is 757. The molecule has 0 radical (unpaired) electrons. The first-order valence-electron chi connectivity index (χ1n) is 7.09. The molecule has 1 aliphatic rings. The van der Waals surface area contributed by atoms with Gasteiger partial charge in [0, 0.05) is 21.2 Å². The zero-order chi connectivity index (χ0) is 16.7. The van der Waals surface area contributed by atoms with Gasteiger partial charge in [-0.2, -0.15) is 4.98 Å². The lowest BCUT2D eigenvalue weighted by Crippen LogP contribution is -2.34. The molecule has 1 saturated heterocycles. The van der Waals surface area contributed by atoms with E-state index in [1.807, 2.05) is 0 Å². The number of H-pyrrole nitrogens is 1. The van der Waals surface area contributed by atoms with Crippen molar-refractivity contribution in [2.75, 3.05) is 32.7 Å². The summed E-state index contributed by atoms with van der Waals surface area (Å²) < 4.78 is 12.5. The number of aliphatic hydroxyl groups is 2. The molecule has 2 aromatic heterocycles. The molecular weight excluding hydrogens is 306 g/mol. The number of aromatic amines is 1. The Morgan fingerprint density at radius 3 is 2.87 bits per heavy atom. The van der Waals surface area contributed by atoms with Gasteiger partial charge in [-0.05, 0) is 0 Å². The highest BCUT2D eigenvalue weighted by molar-refractivity contribution is 5.83. The maximum Gasteiger partial charge on any atom is 0.348 e. The van der Waals surface area contributed by atoms with Crippen molar-refractivity contribution in [1.82, 2.24) is 19.5 Å². The highest BCUT2D eigenvalue weighted by atomic mass is 16.6. The van der Waals surface area contributed by atoms with Gasteiger partial charge >= 0.3 is 5.69 Å². The molecule has 0 spiro atoms. The van der Waals surface area contributed by atoms with Gasteiger partial charge in [0.2, 0.25) is 0 Å². The average Bonchev–Trinajstić information content (AvgIpc) is 3.06. The number of nitrogens with zero attached hydrogens (tertiary/aromatic N) is 4. The minimum atomic E-state index is -0.997. The topological polar surface area (TPSA) is 126 Å². The number of hydrogen-bond donors (Lipinski definition) is 3. The van der Waals surface area contributed by atoms with E-state index in [9.17, 15) is 15.0 Å². The molecule has 0 bridgehead atoms. The summed E-state index contributed by atoms with van der Waals surface area (Å²) >= 11 is 0. The highest BCUT2D eigenvalue weighted by Crippen LogP contribution is 2.33. The SMILES string of the molecule is CO[C@@H]1[C@H](O)[C@@H](CO)O[C@H]1n1cnc2c(N(C)C)[nH]c(=O)nc21. The molecule has 1 aliphatic heterocycles. The molecule has 10 heteroatoms. The Morgan fingerprint density at radius 2 is 2.26 bits per heavy atom. The normalized spacial score (nSPS) is 27.7. The molecule has 3 heterocycles. The molecule has 0 aliphatic carbocycles. The van der Waals surface area contributed by atoms with Gasteiger partial charge in [-0.25, -0.2) is 9.78 Å². The Balaban J connectivity index is 2.12. The van der Waals surface area contributed by atoms with Crippen molar-refractivity contribution in [2.45, 2.75) is 24.5 Å². The number of aliphatic hydroxyl groups excluding tert-OH is 2. The Labute approximate surface area is 131 Å². The van der Waals surface area contributed by atoms with Crippen LogP contribution in [0.1, 0.15) is 6.23 Å². The van der Waals surface area contributed by atoms with E-state index in [0.29, 0.717) is 17.0 Å².